The molecule has 0 saturated heterocycles. The van der Waals surface area contributed by atoms with Gasteiger partial charge < -0.3 is 9.90 Å². The van der Waals surface area contributed by atoms with Crippen molar-refractivity contribution in [3.05, 3.63) is 32.8 Å². The van der Waals surface area contributed by atoms with Crippen molar-refractivity contribution in [2.45, 2.75) is 12.8 Å². The van der Waals surface area contributed by atoms with Crippen molar-refractivity contribution >= 4 is 40.8 Å². The molecule has 0 saturated carbocycles. The number of benzene rings is 1. The third-order valence-electron chi connectivity index (χ3n) is 1.86. The fraction of sp³-hybridized carbons (Fsp3) is 0.222. The summed E-state index contributed by atoms with van der Waals surface area (Å²) >= 11 is 17.2. The topological polar surface area (TPSA) is 40.1 Å². The first-order valence-corrected chi connectivity index (χ1v) is 4.92. The monoisotopic (exact) mass is 290 g/mol. The van der Waals surface area contributed by atoms with Crippen LogP contribution in [0.3, 0.4) is 0 Å². The van der Waals surface area contributed by atoms with Crippen LogP contribution < -0.4 is 56.5 Å². The van der Waals surface area contributed by atoms with Crippen molar-refractivity contribution in [1.82, 2.24) is 0 Å². The molecular weight excluding hydrogens is 286 g/mol. The number of carboxylic acid groups (broad SMARTS) is 1. The molecule has 0 amide bonds. The third-order valence-corrected chi connectivity index (χ3v) is 2.91. The minimum atomic E-state index is -1.20. The minimum absolute atomic E-state index is 0. The minimum Gasteiger partial charge on any atom is -0.550 e. The number of hydrogen-bond donors (Lipinski definition) is 0. The normalized spacial score (nSPS) is 11.7. The Hall–Kier alpha value is 1.20. The predicted molar refractivity (Wildman–Crippen MR) is 54.9 cm³/mol. The Balaban J connectivity index is 0.00000196. The Labute approximate surface area is 145 Å². The van der Waals surface area contributed by atoms with Gasteiger partial charge in [0.2, 0.25) is 0 Å². The first-order chi connectivity index (χ1) is 6.43. The van der Waals surface area contributed by atoms with Crippen molar-refractivity contribution in [1.29, 1.82) is 0 Å². The summed E-state index contributed by atoms with van der Waals surface area (Å²) in [6.07, 6.45) is 0. The Morgan fingerprint density at radius 3 is 2.13 bits per heavy atom. The molecule has 15 heavy (non-hydrogen) atoms. The van der Waals surface area contributed by atoms with Crippen molar-refractivity contribution < 1.29 is 61.3 Å². The van der Waals surface area contributed by atoms with Crippen LogP contribution in [0.1, 0.15) is 18.4 Å². The SMILES string of the molecule is CC(C(=O)[O-])c1cc(Cl)c(Cl)cc1Cl.[K+]. The number of carboxylic acids is 1. The summed E-state index contributed by atoms with van der Waals surface area (Å²) in [6.45, 7) is 1.47. The van der Waals surface area contributed by atoms with Crippen LogP contribution in [-0.4, -0.2) is 5.97 Å². The molecule has 0 spiro atoms. The van der Waals surface area contributed by atoms with Gasteiger partial charge in [0, 0.05) is 16.9 Å². The van der Waals surface area contributed by atoms with Gasteiger partial charge in [-0.05, 0) is 17.7 Å². The van der Waals surface area contributed by atoms with Gasteiger partial charge in [-0.15, -0.1) is 0 Å². The smallest absolute Gasteiger partial charge is 0.550 e. The van der Waals surface area contributed by atoms with E-state index in [4.69, 9.17) is 34.8 Å². The van der Waals surface area contributed by atoms with Gasteiger partial charge in [0.05, 0.1) is 10.0 Å². The quantitative estimate of drug-likeness (QED) is 0.545. The average Bonchev–Trinajstić information content (AvgIpc) is 2.10. The second kappa shape index (κ2) is 6.82. The van der Waals surface area contributed by atoms with E-state index < -0.39 is 11.9 Å². The van der Waals surface area contributed by atoms with E-state index in [0.29, 0.717) is 10.6 Å². The van der Waals surface area contributed by atoms with Crippen LogP contribution >= 0.6 is 34.8 Å². The van der Waals surface area contributed by atoms with Gasteiger partial charge in [-0.1, -0.05) is 41.7 Å². The number of carbonyl (C=O) groups excluding carboxylic acids is 1. The summed E-state index contributed by atoms with van der Waals surface area (Å²) in [5.41, 5.74) is 0.404. The van der Waals surface area contributed by atoms with Crippen molar-refractivity contribution in [3.8, 4) is 0 Å². The van der Waals surface area contributed by atoms with Gasteiger partial charge in [-0.25, -0.2) is 0 Å². The average molecular weight is 292 g/mol. The summed E-state index contributed by atoms with van der Waals surface area (Å²) in [5, 5.41) is 11.5. The van der Waals surface area contributed by atoms with E-state index in [0.717, 1.165) is 0 Å². The van der Waals surface area contributed by atoms with Crippen LogP contribution in [0.25, 0.3) is 0 Å². The van der Waals surface area contributed by atoms with E-state index in [9.17, 15) is 9.90 Å². The van der Waals surface area contributed by atoms with Gasteiger partial charge in [-0.3, -0.25) is 0 Å². The van der Waals surface area contributed by atoms with Crippen LogP contribution in [-0.2, 0) is 4.79 Å². The predicted octanol–water partition coefficient (Wildman–Crippen LogP) is -0.496. The Kier molecular flexibility index (Phi) is 7.36. The number of carbonyl (C=O) groups is 1. The van der Waals surface area contributed by atoms with Gasteiger partial charge >= 0.3 is 51.4 Å². The van der Waals surface area contributed by atoms with Gasteiger partial charge in [0.1, 0.15) is 0 Å². The molecule has 1 aromatic carbocycles. The second-order valence-corrected chi connectivity index (χ2v) is 4.05. The molecule has 0 aliphatic heterocycles. The molecule has 6 heteroatoms. The van der Waals surface area contributed by atoms with Crippen LogP contribution in [0.2, 0.25) is 15.1 Å². The number of halogens is 3. The molecule has 0 bridgehead atoms. The van der Waals surface area contributed by atoms with Crippen LogP contribution in [0.4, 0.5) is 0 Å². The second-order valence-electron chi connectivity index (χ2n) is 2.83. The number of rotatable bonds is 2. The molecule has 1 rings (SSSR count). The zero-order valence-electron chi connectivity index (χ0n) is 8.18. The third kappa shape index (κ3) is 4.17. The van der Waals surface area contributed by atoms with Gasteiger partial charge in [-0.2, -0.15) is 0 Å². The fourth-order valence-electron chi connectivity index (χ4n) is 0.997. The molecule has 1 atom stereocenters. The summed E-state index contributed by atoms with van der Waals surface area (Å²) in [6, 6.07) is 2.85. The standard InChI is InChI=1S/C9H7Cl3O2.K/c1-4(9(13)14)5-2-7(11)8(12)3-6(5)10;/h2-4H,1H3,(H,13,14);/q;+1/p-1. The zero-order valence-corrected chi connectivity index (χ0v) is 13.6. The molecule has 0 heterocycles. The zero-order chi connectivity index (χ0) is 10.9. The van der Waals surface area contributed by atoms with E-state index in [-0.39, 0.29) is 61.4 Å². The Morgan fingerprint density at radius 1 is 1.20 bits per heavy atom. The molecule has 2 nitrogen and oxygen atoms in total. The molecule has 76 valence electrons. The van der Waals surface area contributed by atoms with Crippen molar-refractivity contribution in [3.63, 3.8) is 0 Å². The van der Waals surface area contributed by atoms with E-state index in [2.05, 4.69) is 0 Å². The Bertz CT molecular complexity index is 382. The fourth-order valence-corrected chi connectivity index (χ4v) is 1.72. The van der Waals surface area contributed by atoms with E-state index in [1.165, 1.54) is 19.1 Å². The van der Waals surface area contributed by atoms with Crippen molar-refractivity contribution in [2.75, 3.05) is 0 Å². The summed E-state index contributed by atoms with van der Waals surface area (Å²) in [4.78, 5) is 10.6. The first kappa shape index (κ1) is 16.2. The maximum absolute atomic E-state index is 10.6. The molecular formula is C9H6Cl3KO2. The van der Waals surface area contributed by atoms with Crippen LogP contribution in [0, 0.1) is 0 Å². The summed E-state index contributed by atoms with van der Waals surface area (Å²) < 4.78 is 0. The summed E-state index contributed by atoms with van der Waals surface area (Å²) in [5.74, 6) is -2.01. The summed E-state index contributed by atoms with van der Waals surface area (Å²) in [7, 11) is 0. The molecule has 0 aliphatic rings. The Morgan fingerprint density at radius 2 is 1.67 bits per heavy atom. The molecule has 0 aliphatic carbocycles. The first-order valence-electron chi connectivity index (χ1n) is 3.78. The van der Waals surface area contributed by atoms with Crippen molar-refractivity contribution in [2.24, 2.45) is 0 Å². The maximum Gasteiger partial charge on any atom is 1.00 e. The van der Waals surface area contributed by atoms with E-state index >= 15 is 0 Å². The largest absolute Gasteiger partial charge is 1.00 e. The van der Waals surface area contributed by atoms with Crippen LogP contribution in [0.5, 0.6) is 0 Å². The van der Waals surface area contributed by atoms with Crippen LogP contribution in [0.15, 0.2) is 12.1 Å². The molecule has 0 N–H and O–H groups in total. The van der Waals surface area contributed by atoms with E-state index in [1.807, 2.05) is 0 Å². The number of hydrogen-bond acceptors (Lipinski definition) is 2. The molecule has 0 aromatic heterocycles. The van der Waals surface area contributed by atoms with E-state index in [1.54, 1.807) is 0 Å². The number of aliphatic carboxylic acids is 1. The maximum atomic E-state index is 10.6. The molecule has 0 radical (unpaired) electrons. The van der Waals surface area contributed by atoms with Gasteiger partial charge in [0.25, 0.3) is 0 Å². The molecule has 1 aromatic rings. The molecule has 1 unspecified atom stereocenters. The molecule has 0 fully saturated rings. The van der Waals surface area contributed by atoms with Gasteiger partial charge in [0.15, 0.2) is 0 Å².